The normalized spacial score (nSPS) is 12.6. The number of aromatic nitrogens is 1. The smallest absolute Gasteiger partial charge is 0.279 e. The van der Waals surface area contributed by atoms with Crippen LogP contribution >= 0.6 is 11.3 Å². The molecule has 0 aliphatic carbocycles. The Morgan fingerprint density at radius 2 is 1.77 bits per heavy atom. The molecule has 1 amide bonds. The summed E-state index contributed by atoms with van der Waals surface area (Å²) in [5.74, 6) is 0.323. The second kappa shape index (κ2) is 9.76. The molecule has 1 heterocycles. The Hall–Kier alpha value is -2.49. The summed E-state index contributed by atoms with van der Waals surface area (Å²) in [5.41, 5.74) is 1.26. The lowest BCUT2D eigenvalue weighted by Gasteiger charge is -2.18. The van der Waals surface area contributed by atoms with Crippen molar-refractivity contribution in [3.05, 3.63) is 52.8 Å². The first kappa shape index (κ1) is 23.2. The van der Waals surface area contributed by atoms with Crippen LogP contribution in [-0.4, -0.2) is 43.4 Å². The number of carbonyl (C=O) groups is 1. The summed E-state index contributed by atoms with van der Waals surface area (Å²) in [6, 6.07) is 11.7. The average molecular weight is 462 g/mol. The third-order valence-electron chi connectivity index (χ3n) is 4.97. The van der Waals surface area contributed by atoms with Crippen molar-refractivity contribution in [1.29, 1.82) is 0 Å². The molecule has 0 saturated carbocycles. The SMILES string of the molecule is CCCn1c(=NC(=O)c2ccc(S(=O)(=O)N(CC)CC)cc2)sc2cccc(OC)c21. The number of hydrogen-bond acceptors (Lipinski definition) is 5. The summed E-state index contributed by atoms with van der Waals surface area (Å²) >= 11 is 1.43. The number of rotatable bonds is 8. The maximum atomic E-state index is 12.8. The zero-order valence-electron chi connectivity index (χ0n) is 18.2. The Labute approximate surface area is 186 Å². The van der Waals surface area contributed by atoms with Crippen molar-refractivity contribution in [3.8, 4) is 5.75 Å². The van der Waals surface area contributed by atoms with E-state index in [1.807, 2.05) is 22.8 Å². The highest BCUT2D eigenvalue weighted by Crippen LogP contribution is 2.27. The largest absolute Gasteiger partial charge is 0.495 e. The van der Waals surface area contributed by atoms with E-state index in [4.69, 9.17) is 4.74 Å². The van der Waals surface area contributed by atoms with E-state index in [9.17, 15) is 13.2 Å². The standard InChI is InChI=1S/C22H27N3O4S2/c1-5-15-25-20-18(29-4)9-8-10-19(20)30-22(25)23-21(26)16-11-13-17(14-12-16)31(27,28)24(6-2)7-3/h8-14H,5-7,15H2,1-4H3. The third kappa shape index (κ3) is 4.58. The van der Waals surface area contributed by atoms with Gasteiger partial charge >= 0.3 is 0 Å². The minimum atomic E-state index is -3.57. The highest BCUT2D eigenvalue weighted by molar-refractivity contribution is 7.89. The number of aryl methyl sites for hydroxylation is 1. The van der Waals surface area contributed by atoms with Crippen LogP contribution in [0.15, 0.2) is 52.4 Å². The quantitative estimate of drug-likeness (QED) is 0.510. The summed E-state index contributed by atoms with van der Waals surface area (Å²) in [4.78, 5) is 17.9. The van der Waals surface area contributed by atoms with Gasteiger partial charge in [-0.15, -0.1) is 0 Å². The first-order valence-electron chi connectivity index (χ1n) is 10.2. The molecule has 0 saturated heterocycles. The van der Waals surface area contributed by atoms with Gasteiger partial charge in [0, 0.05) is 25.2 Å². The summed E-state index contributed by atoms with van der Waals surface area (Å²) < 4.78 is 35.2. The summed E-state index contributed by atoms with van der Waals surface area (Å²) in [6.07, 6.45) is 0.878. The maximum Gasteiger partial charge on any atom is 0.279 e. The molecule has 0 fully saturated rings. The van der Waals surface area contributed by atoms with Gasteiger partial charge in [-0.2, -0.15) is 9.30 Å². The second-order valence-corrected chi connectivity index (χ2v) is 9.82. The fourth-order valence-electron chi connectivity index (χ4n) is 3.41. The molecular formula is C22H27N3O4S2. The number of fused-ring (bicyclic) bond motifs is 1. The zero-order valence-corrected chi connectivity index (χ0v) is 19.8. The van der Waals surface area contributed by atoms with Crippen molar-refractivity contribution in [2.45, 2.75) is 38.6 Å². The van der Waals surface area contributed by atoms with Crippen LogP contribution in [0, 0.1) is 0 Å². The van der Waals surface area contributed by atoms with Crippen LogP contribution in [0.3, 0.4) is 0 Å². The number of methoxy groups -OCH3 is 1. The van der Waals surface area contributed by atoms with Crippen LogP contribution in [0.25, 0.3) is 10.2 Å². The van der Waals surface area contributed by atoms with Gasteiger partial charge in [0.05, 0.1) is 16.7 Å². The summed E-state index contributed by atoms with van der Waals surface area (Å²) in [7, 11) is -1.94. The van der Waals surface area contributed by atoms with Crippen molar-refractivity contribution >= 4 is 37.5 Å². The van der Waals surface area contributed by atoms with Gasteiger partial charge in [-0.25, -0.2) is 8.42 Å². The monoisotopic (exact) mass is 461 g/mol. The molecule has 0 unspecified atom stereocenters. The lowest BCUT2D eigenvalue weighted by atomic mass is 10.2. The van der Waals surface area contributed by atoms with Gasteiger partial charge in [0.2, 0.25) is 10.0 Å². The van der Waals surface area contributed by atoms with E-state index < -0.39 is 15.9 Å². The first-order chi connectivity index (χ1) is 14.9. The lowest BCUT2D eigenvalue weighted by molar-refractivity contribution is 0.0997. The lowest BCUT2D eigenvalue weighted by Crippen LogP contribution is -2.30. The number of hydrogen-bond donors (Lipinski definition) is 0. The van der Waals surface area contributed by atoms with Gasteiger partial charge in [0.15, 0.2) is 4.80 Å². The fraction of sp³-hybridized carbons (Fsp3) is 0.364. The third-order valence-corrected chi connectivity index (χ3v) is 8.08. The Kier molecular flexibility index (Phi) is 7.30. The predicted octanol–water partition coefficient (Wildman–Crippen LogP) is 3.89. The van der Waals surface area contributed by atoms with Crippen molar-refractivity contribution in [2.24, 2.45) is 4.99 Å². The van der Waals surface area contributed by atoms with E-state index in [2.05, 4.69) is 11.9 Å². The molecule has 0 N–H and O–H groups in total. The van der Waals surface area contributed by atoms with Crippen LogP contribution in [0.1, 0.15) is 37.6 Å². The molecule has 0 aliphatic heterocycles. The molecule has 0 aliphatic rings. The van der Waals surface area contributed by atoms with E-state index in [0.29, 0.717) is 30.0 Å². The molecule has 2 aromatic carbocycles. The number of para-hydroxylation sites is 1. The van der Waals surface area contributed by atoms with Gasteiger partial charge in [-0.05, 0) is 42.8 Å². The molecule has 1 aromatic heterocycles. The minimum absolute atomic E-state index is 0.167. The summed E-state index contributed by atoms with van der Waals surface area (Å²) in [5, 5.41) is 0. The van der Waals surface area contributed by atoms with Crippen LogP contribution in [-0.2, 0) is 16.6 Å². The molecule has 3 rings (SSSR count). The molecule has 166 valence electrons. The molecule has 0 bridgehead atoms. The number of amides is 1. The van der Waals surface area contributed by atoms with Gasteiger partial charge in [-0.1, -0.05) is 38.2 Å². The van der Waals surface area contributed by atoms with Gasteiger partial charge in [-0.3, -0.25) is 4.79 Å². The van der Waals surface area contributed by atoms with E-state index >= 15 is 0 Å². The van der Waals surface area contributed by atoms with Crippen molar-refractivity contribution in [1.82, 2.24) is 8.87 Å². The first-order valence-corrected chi connectivity index (χ1v) is 12.5. The Bertz CT molecular complexity index is 1240. The number of carbonyl (C=O) groups excluding carboxylic acids is 1. The Morgan fingerprint density at radius 1 is 1.10 bits per heavy atom. The van der Waals surface area contributed by atoms with Crippen LogP contribution in [0.4, 0.5) is 0 Å². The van der Waals surface area contributed by atoms with Gasteiger partial charge < -0.3 is 9.30 Å². The van der Waals surface area contributed by atoms with Crippen molar-refractivity contribution in [3.63, 3.8) is 0 Å². The van der Waals surface area contributed by atoms with Crippen LogP contribution in [0.5, 0.6) is 5.75 Å². The number of ether oxygens (including phenoxy) is 1. The minimum Gasteiger partial charge on any atom is -0.495 e. The molecule has 0 spiro atoms. The summed E-state index contributed by atoms with van der Waals surface area (Å²) in [6.45, 7) is 7.14. The second-order valence-electron chi connectivity index (χ2n) is 6.87. The van der Waals surface area contributed by atoms with Crippen molar-refractivity contribution in [2.75, 3.05) is 20.2 Å². The zero-order chi connectivity index (χ0) is 22.6. The molecule has 31 heavy (non-hydrogen) atoms. The highest BCUT2D eigenvalue weighted by atomic mass is 32.2. The number of nitrogens with zero attached hydrogens (tertiary/aromatic N) is 3. The molecule has 7 nitrogen and oxygen atoms in total. The Balaban J connectivity index is 2.01. The van der Waals surface area contributed by atoms with E-state index in [1.54, 1.807) is 21.0 Å². The molecule has 3 aromatic rings. The molecule has 0 radical (unpaired) electrons. The highest BCUT2D eigenvalue weighted by Gasteiger charge is 2.21. The number of sulfonamides is 1. The van der Waals surface area contributed by atoms with E-state index in [0.717, 1.165) is 22.4 Å². The molecule has 9 heteroatoms. The Morgan fingerprint density at radius 3 is 2.35 bits per heavy atom. The fourth-order valence-corrected chi connectivity index (χ4v) is 5.94. The topological polar surface area (TPSA) is 81.0 Å². The number of benzene rings is 2. The van der Waals surface area contributed by atoms with Gasteiger partial charge in [0.1, 0.15) is 11.3 Å². The van der Waals surface area contributed by atoms with E-state index in [-0.39, 0.29) is 4.90 Å². The molecule has 0 atom stereocenters. The van der Waals surface area contributed by atoms with Crippen molar-refractivity contribution < 1.29 is 17.9 Å². The maximum absolute atomic E-state index is 12.8. The predicted molar refractivity (Wildman–Crippen MR) is 123 cm³/mol. The van der Waals surface area contributed by atoms with Gasteiger partial charge in [0.25, 0.3) is 5.91 Å². The van der Waals surface area contributed by atoms with E-state index in [1.165, 1.54) is 39.9 Å². The number of thiazole rings is 1. The average Bonchev–Trinajstić information content (AvgIpc) is 3.12. The molecular weight excluding hydrogens is 434 g/mol. The van der Waals surface area contributed by atoms with Crippen LogP contribution < -0.4 is 9.54 Å². The van der Waals surface area contributed by atoms with Crippen LogP contribution in [0.2, 0.25) is 0 Å².